The van der Waals surface area contributed by atoms with Gasteiger partial charge in [0.2, 0.25) is 5.91 Å². The van der Waals surface area contributed by atoms with Crippen molar-refractivity contribution >= 4 is 11.9 Å². The number of nitrogens with two attached hydrogens (primary N) is 1. The van der Waals surface area contributed by atoms with E-state index in [1.165, 1.54) is 7.11 Å². The van der Waals surface area contributed by atoms with E-state index >= 15 is 0 Å². The molecule has 2 atom stereocenters. The second kappa shape index (κ2) is 5.50. The number of rotatable bonds is 5. The zero-order valence-electron chi connectivity index (χ0n) is 7.61. The maximum Gasteiger partial charge on any atom is 0.328 e. The van der Waals surface area contributed by atoms with Crippen molar-refractivity contribution in [1.29, 1.82) is 0 Å². The first-order chi connectivity index (χ1) is 6.02. The van der Waals surface area contributed by atoms with E-state index < -0.39 is 24.0 Å². The van der Waals surface area contributed by atoms with Crippen molar-refractivity contribution in [3.05, 3.63) is 0 Å². The van der Waals surface area contributed by atoms with Crippen LogP contribution in [-0.2, 0) is 14.3 Å². The highest BCUT2D eigenvalue weighted by Crippen LogP contribution is 1.97. The largest absolute Gasteiger partial charge is 0.480 e. The van der Waals surface area contributed by atoms with Crippen molar-refractivity contribution in [3.63, 3.8) is 0 Å². The predicted molar refractivity (Wildman–Crippen MR) is 45.1 cm³/mol. The summed E-state index contributed by atoms with van der Waals surface area (Å²) in [6, 6.07) is -1.05. The summed E-state index contributed by atoms with van der Waals surface area (Å²) in [5.74, 6) is -1.66. The van der Waals surface area contributed by atoms with Crippen LogP contribution in [0.3, 0.4) is 0 Å². The summed E-state index contributed by atoms with van der Waals surface area (Å²) in [7, 11) is 1.37. The Hall–Kier alpha value is -1.14. The fourth-order valence-corrected chi connectivity index (χ4v) is 0.748. The van der Waals surface area contributed by atoms with Crippen LogP contribution in [0.25, 0.3) is 0 Å². The lowest BCUT2D eigenvalue weighted by Crippen LogP contribution is -2.50. The standard InChI is InChI=1S/C7H14N2O4/c1-4(13-2)6(7(11)12)9-5(10)3-8/h4,6H,3,8H2,1-2H3,(H,9,10)(H,11,12). The van der Waals surface area contributed by atoms with E-state index in [1.54, 1.807) is 6.92 Å². The van der Waals surface area contributed by atoms with Crippen LogP contribution in [0.2, 0.25) is 0 Å². The number of carbonyl (C=O) groups excluding carboxylic acids is 1. The van der Waals surface area contributed by atoms with Gasteiger partial charge in [-0.3, -0.25) is 4.79 Å². The molecule has 0 aliphatic carbocycles. The van der Waals surface area contributed by atoms with Gasteiger partial charge >= 0.3 is 5.97 Å². The molecule has 0 saturated heterocycles. The third-order valence-corrected chi connectivity index (χ3v) is 1.61. The molecule has 6 heteroatoms. The fraction of sp³-hybridized carbons (Fsp3) is 0.714. The van der Waals surface area contributed by atoms with Gasteiger partial charge in [-0.05, 0) is 6.92 Å². The first kappa shape index (κ1) is 11.9. The van der Waals surface area contributed by atoms with Crippen LogP contribution in [0.5, 0.6) is 0 Å². The quantitative estimate of drug-likeness (QED) is 0.492. The van der Waals surface area contributed by atoms with Crippen LogP contribution >= 0.6 is 0 Å². The molecule has 1 amide bonds. The Balaban J connectivity index is 4.26. The highest BCUT2D eigenvalue weighted by molar-refractivity contribution is 5.84. The molecule has 0 rings (SSSR count). The summed E-state index contributed by atoms with van der Waals surface area (Å²) in [5, 5.41) is 10.9. The van der Waals surface area contributed by atoms with E-state index in [1.807, 2.05) is 0 Å². The van der Waals surface area contributed by atoms with Crippen molar-refractivity contribution in [1.82, 2.24) is 5.32 Å². The molecule has 0 radical (unpaired) electrons. The Morgan fingerprint density at radius 3 is 2.46 bits per heavy atom. The predicted octanol–water partition coefficient (Wildman–Crippen LogP) is -1.45. The van der Waals surface area contributed by atoms with Crippen molar-refractivity contribution in [2.75, 3.05) is 13.7 Å². The molecule has 0 aromatic carbocycles. The number of amides is 1. The van der Waals surface area contributed by atoms with E-state index in [2.05, 4.69) is 5.32 Å². The normalized spacial score (nSPS) is 14.7. The van der Waals surface area contributed by atoms with Gasteiger partial charge in [0.15, 0.2) is 6.04 Å². The van der Waals surface area contributed by atoms with Gasteiger partial charge in [0.05, 0.1) is 12.6 Å². The van der Waals surface area contributed by atoms with Crippen molar-refractivity contribution in [2.24, 2.45) is 5.73 Å². The number of aliphatic carboxylic acids is 1. The number of ether oxygens (including phenoxy) is 1. The van der Waals surface area contributed by atoms with Crippen LogP contribution in [-0.4, -0.2) is 42.8 Å². The molecular formula is C7H14N2O4. The second-order valence-corrected chi connectivity index (χ2v) is 2.53. The average Bonchev–Trinajstić information content (AvgIpc) is 2.11. The van der Waals surface area contributed by atoms with Crippen LogP contribution in [0.4, 0.5) is 0 Å². The van der Waals surface area contributed by atoms with Gasteiger partial charge in [-0.15, -0.1) is 0 Å². The van der Waals surface area contributed by atoms with E-state index in [0.717, 1.165) is 0 Å². The van der Waals surface area contributed by atoms with Gasteiger partial charge in [0, 0.05) is 7.11 Å². The van der Waals surface area contributed by atoms with E-state index in [0.29, 0.717) is 0 Å². The van der Waals surface area contributed by atoms with Gasteiger partial charge in [-0.2, -0.15) is 0 Å². The molecule has 6 nitrogen and oxygen atoms in total. The Morgan fingerprint density at radius 2 is 2.15 bits per heavy atom. The zero-order valence-corrected chi connectivity index (χ0v) is 7.61. The SMILES string of the molecule is COC(C)C(NC(=O)CN)C(=O)O. The summed E-state index contributed by atoms with van der Waals surface area (Å²) in [5.41, 5.74) is 5.02. The number of hydrogen-bond acceptors (Lipinski definition) is 4. The Labute approximate surface area is 76.0 Å². The average molecular weight is 190 g/mol. The molecule has 0 aromatic heterocycles. The number of hydrogen-bond donors (Lipinski definition) is 3. The zero-order chi connectivity index (χ0) is 10.4. The van der Waals surface area contributed by atoms with Crippen LogP contribution in [0.15, 0.2) is 0 Å². The third kappa shape index (κ3) is 3.86. The highest BCUT2D eigenvalue weighted by atomic mass is 16.5. The van der Waals surface area contributed by atoms with E-state index in [-0.39, 0.29) is 6.54 Å². The monoisotopic (exact) mass is 190 g/mol. The maximum absolute atomic E-state index is 10.8. The molecule has 0 saturated carbocycles. The summed E-state index contributed by atoms with van der Waals surface area (Å²) < 4.78 is 4.78. The molecule has 2 unspecified atom stereocenters. The molecule has 0 fully saturated rings. The molecule has 76 valence electrons. The molecule has 13 heavy (non-hydrogen) atoms. The number of carboxylic acids is 1. The van der Waals surface area contributed by atoms with E-state index in [4.69, 9.17) is 15.6 Å². The topological polar surface area (TPSA) is 102 Å². The fourth-order valence-electron chi connectivity index (χ4n) is 0.748. The first-order valence-corrected chi connectivity index (χ1v) is 3.78. The Morgan fingerprint density at radius 1 is 1.62 bits per heavy atom. The minimum Gasteiger partial charge on any atom is -0.480 e. The summed E-state index contributed by atoms with van der Waals surface area (Å²) in [6.07, 6.45) is -0.590. The number of nitrogens with one attached hydrogen (secondary N) is 1. The molecule has 0 aliphatic heterocycles. The molecule has 0 spiro atoms. The van der Waals surface area contributed by atoms with Crippen LogP contribution in [0.1, 0.15) is 6.92 Å². The number of carboxylic acid groups (broad SMARTS) is 1. The number of methoxy groups -OCH3 is 1. The number of carbonyl (C=O) groups is 2. The Kier molecular flexibility index (Phi) is 5.01. The smallest absolute Gasteiger partial charge is 0.328 e. The molecular weight excluding hydrogens is 176 g/mol. The highest BCUT2D eigenvalue weighted by Gasteiger charge is 2.25. The maximum atomic E-state index is 10.8. The minimum atomic E-state index is -1.14. The van der Waals surface area contributed by atoms with Crippen molar-refractivity contribution in [2.45, 2.75) is 19.1 Å². The molecule has 0 aliphatic rings. The van der Waals surface area contributed by atoms with Gasteiger partial charge in [-0.25, -0.2) is 4.79 Å². The lowest BCUT2D eigenvalue weighted by molar-refractivity contribution is -0.145. The molecule has 4 N–H and O–H groups in total. The molecule has 0 aromatic rings. The summed E-state index contributed by atoms with van der Waals surface area (Å²) in [6.45, 7) is 1.32. The van der Waals surface area contributed by atoms with Crippen molar-refractivity contribution < 1.29 is 19.4 Å². The van der Waals surface area contributed by atoms with Gasteiger partial charge < -0.3 is 20.9 Å². The van der Waals surface area contributed by atoms with E-state index in [9.17, 15) is 9.59 Å². The van der Waals surface area contributed by atoms with Crippen molar-refractivity contribution in [3.8, 4) is 0 Å². The van der Waals surface area contributed by atoms with Crippen LogP contribution in [0, 0.1) is 0 Å². The summed E-state index contributed by atoms with van der Waals surface area (Å²) >= 11 is 0. The minimum absolute atomic E-state index is 0.236. The lowest BCUT2D eigenvalue weighted by atomic mass is 10.2. The summed E-state index contributed by atoms with van der Waals surface area (Å²) in [4.78, 5) is 21.4. The van der Waals surface area contributed by atoms with Gasteiger partial charge in [0.1, 0.15) is 0 Å². The third-order valence-electron chi connectivity index (χ3n) is 1.61. The molecule has 0 bridgehead atoms. The lowest BCUT2D eigenvalue weighted by Gasteiger charge is -2.19. The first-order valence-electron chi connectivity index (χ1n) is 3.78. The second-order valence-electron chi connectivity index (χ2n) is 2.53. The molecule has 0 heterocycles. The van der Waals surface area contributed by atoms with Gasteiger partial charge in [0.25, 0.3) is 0 Å². The van der Waals surface area contributed by atoms with Crippen LogP contribution < -0.4 is 11.1 Å². The van der Waals surface area contributed by atoms with Gasteiger partial charge in [-0.1, -0.05) is 0 Å². The Bertz CT molecular complexity index is 195.